The van der Waals surface area contributed by atoms with Crippen LogP contribution in [-0.4, -0.2) is 13.3 Å². The molecule has 0 atom stereocenters. The van der Waals surface area contributed by atoms with Crippen LogP contribution in [0.25, 0.3) is 0 Å². The Kier molecular flexibility index (Phi) is 13.8. The van der Waals surface area contributed by atoms with Gasteiger partial charge in [0.15, 0.2) is 17.4 Å². The molecule has 3 fully saturated rings. The van der Waals surface area contributed by atoms with E-state index >= 15 is 0 Å². The molecule has 1 aromatic carbocycles. The molecule has 1 aromatic rings. The number of unbranched alkanes of at least 4 members (excludes halogenated alkanes) is 2. The number of hydrogen-bond donors (Lipinski definition) is 0. The molecular weight excluding hydrogens is 514 g/mol. The second-order valence-electron chi connectivity index (χ2n) is 12.3. The summed E-state index contributed by atoms with van der Waals surface area (Å²) >= 11 is 0. The van der Waals surface area contributed by atoms with Gasteiger partial charge in [0, 0.05) is 12.1 Å². The zero-order valence-corrected chi connectivity index (χ0v) is 23.6. The van der Waals surface area contributed by atoms with Crippen molar-refractivity contribution in [2.75, 3.05) is 6.67 Å². The molecule has 1 nitrogen and oxygen atoms in total. The average Bonchev–Trinajstić information content (AvgIpc) is 2.92. The van der Waals surface area contributed by atoms with Crippen molar-refractivity contribution in [3.05, 3.63) is 29.6 Å². The SMILES string of the molecule is CCCCCC1CCC(C2CCC(C3CCC(CCF)CC3)CC2)CC1.Fc1cc(F)c(OC(F)F)c(F)c1. The Labute approximate surface area is 231 Å². The highest BCUT2D eigenvalue weighted by Crippen LogP contribution is 2.46. The quantitative estimate of drug-likeness (QED) is 0.204. The summed E-state index contributed by atoms with van der Waals surface area (Å²) in [5.74, 6) is 0.422. The van der Waals surface area contributed by atoms with Gasteiger partial charge < -0.3 is 4.74 Å². The van der Waals surface area contributed by atoms with Crippen molar-refractivity contribution in [3.63, 3.8) is 0 Å². The van der Waals surface area contributed by atoms with Crippen molar-refractivity contribution in [1.29, 1.82) is 0 Å². The fourth-order valence-electron chi connectivity index (χ4n) is 7.55. The molecule has 39 heavy (non-hydrogen) atoms. The Morgan fingerprint density at radius 3 is 1.46 bits per heavy atom. The largest absolute Gasteiger partial charge is 0.429 e. The Morgan fingerprint density at radius 1 is 0.667 bits per heavy atom. The third-order valence-electron chi connectivity index (χ3n) is 9.84. The van der Waals surface area contributed by atoms with Gasteiger partial charge in [0.25, 0.3) is 0 Å². The number of benzene rings is 1. The van der Waals surface area contributed by atoms with Crippen LogP contribution in [0.15, 0.2) is 12.1 Å². The van der Waals surface area contributed by atoms with Crippen LogP contribution >= 0.6 is 0 Å². The van der Waals surface area contributed by atoms with Crippen LogP contribution in [-0.2, 0) is 0 Å². The summed E-state index contributed by atoms with van der Waals surface area (Å²) in [5, 5.41) is 0. The van der Waals surface area contributed by atoms with E-state index in [2.05, 4.69) is 11.7 Å². The van der Waals surface area contributed by atoms with Crippen molar-refractivity contribution in [2.24, 2.45) is 35.5 Å². The number of alkyl halides is 3. The number of hydrogen-bond acceptors (Lipinski definition) is 1. The smallest absolute Gasteiger partial charge is 0.387 e. The molecule has 0 radical (unpaired) electrons. The average molecular weight is 563 g/mol. The second-order valence-corrected chi connectivity index (χ2v) is 12.3. The summed E-state index contributed by atoms with van der Waals surface area (Å²) in [5.41, 5.74) is 0. The van der Waals surface area contributed by atoms with Gasteiger partial charge in [-0.3, -0.25) is 4.39 Å². The van der Waals surface area contributed by atoms with Crippen LogP contribution in [0.5, 0.6) is 5.75 Å². The molecular formula is C32H48F6O. The molecule has 7 heteroatoms. The van der Waals surface area contributed by atoms with Gasteiger partial charge in [-0.25, -0.2) is 13.2 Å². The van der Waals surface area contributed by atoms with Crippen LogP contribution in [0, 0.1) is 53.0 Å². The third kappa shape index (κ3) is 10.5. The minimum Gasteiger partial charge on any atom is -0.429 e. The van der Waals surface area contributed by atoms with Crippen LogP contribution in [0.2, 0.25) is 0 Å². The van der Waals surface area contributed by atoms with Crippen LogP contribution in [0.3, 0.4) is 0 Å². The molecule has 0 saturated heterocycles. The lowest BCUT2D eigenvalue weighted by Crippen LogP contribution is -2.29. The van der Waals surface area contributed by atoms with E-state index in [-0.39, 0.29) is 18.8 Å². The topological polar surface area (TPSA) is 9.23 Å². The summed E-state index contributed by atoms with van der Waals surface area (Å²) in [6, 6.07) is 0.502. The van der Waals surface area contributed by atoms with E-state index in [1.54, 1.807) is 12.8 Å². The summed E-state index contributed by atoms with van der Waals surface area (Å²) in [7, 11) is 0. The van der Waals surface area contributed by atoms with Crippen molar-refractivity contribution in [2.45, 2.75) is 123 Å². The predicted octanol–water partition coefficient (Wildman–Crippen LogP) is 11.1. The van der Waals surface area contributed by atoms with Gasteiger partial charge in [-0.2, -0.15) is 8.78 Å². The maximum Gasteiger partial charge on any atom is 0.387 e. The van der Waals surface area contributed by atoms with Gasteiger partial charge in [-0.1, -0.05) is 58.3 Å². The maximum atomic E-state index is 12.6. The maximum absolute atomic E-state index is 12.6. The molecule has 0 spiro atoms. The van der Waals surface area contributed by atoms with E-state index in [1.165, 1.54) is 89.9 Å². The van der Waals surface area contributed by atoms with Gasteiger partial charge in [0.2, 0.25) is 0 Å². The Hall–Kier alpha value is -1.40. The minimum atomic E-state index is -3.35. The fourth-order valence-corrected chi connectivity index (χ4v) is 7.55. The third-order valence-corrected chi connectivity index (χ3v) is 9.84. The van der Waals surface area contributed by atoms with Gasteiger partial charge in [0.05, 0.1) is 6.67 Å². The summed E-state index contributed by atoms with van der Waals surface area (Å²) < 4.78 is 76.4. The van der Waals surface area contributed by atoms with Gasteiger partial charge >= 0.3 is 6.61 Å². The molecule has 224 valence electrons. The molecule has 0 unspecified atom stereocenters. The Bertz CT molecular complexity index is 786. The van der Waals surface area contributed by atoms with E-state index in [4.69, 9.17) is 0 Å². The first kappa shape index (κ1) is 32.1. The van der Waals surface area contributed by atoms with E-state index in [0.29, 0.717) is 5.92 Å². The zero-order valence-electron chi connectivity index (χ0n) is 23.6. The molecule has 0 heterocycles. The highest BCUT2D eigenvalue weighted by atomic mass is 19.3. The van der Waals surface area contributed by atoms with Crippen molar-refractivity contribution in [1.82, 2.24) is 0 Å². The minimum absolute atomic E-state index is 0.0959. The highest BCUT2D eigenvalue weighted by molar-refractivity contribution is 5.26. The lowest BCUT2D eigenvalue weighted by atomic mass is 9.64. The normalized spacial score (nSPS) is 29.5. The monoisotopic (exact) mass is 562 g/mol. The first-order chi connectivity index (χ1) is 18.8. The van der Waals surface area contributed by atoms with Crippen LogP contribution in [0.1, 0.15) is 116 Å². The summed E-state index contributed by atoms with van der Waals surface area (Å²) in [4.78, 5) is 0. The van der Waals surface area contributed by atoms with Gasteiger partial charge in [-0.05, 0) is 93.3 Å². The Morgan fingerprint density at radius 2 is 1.08 bits per heavy atom. The molecule has 0 aliphatic heterocycles. The second kappa shape index (κ2) is 16.8. The van der Waals surface area contributed by atoms with E-state index in [0.717, 1.165) is 36.0 Å². The summed E-state index contributed by atoms with van der Waals surface area (Å²) in [6.45, 7) is -1.13. The molecule has 3 saturated carbocycles. The zero-order chi connectivity index (χ0) is 28.2. The van der Waals surface area contributed by atoms with Crippen LogP contribution < -0.4 is 4.74 Å². The lowest BCUT2D eigenvalue weighted by molar-refractivity contribution is -0.0547. The Balaban J connectivity index is 0.000000272. The molecule has 3 aliphatic carbocycles. The molecule has 3 aliphatic rings. The van der Waals surface area contributed by atoms with E-state index < -0.39 is 29.8 Å². The molecule has 0 amide bonds. The number of rotatable bonds is 10. The molecule has 4 rings (SSSR count). The lowest BCUT2D eigenvalue weighted by Gasteiger charge is -2.41. The van der Waals surface area contributed by atoms with Crippen molar-refractivity contribution >= 4 is 0 Å². The van der Waals surface area contributed by atoms with Gasteiger partial charge in [-0.15, -0.1) is 0 Å². The molecule has 0 bridgehead atoms. The van der Waals surface area contributed by atoms with Crippen molar-refractivity contribution in [3.8, 4) is 5.75 Å². The van der Waals surface area contributed by atoms with E-state index in [9.17, 15) is 26.3 Å². The molecule has 0 aromatic heterocycles. The molecule has 0 N–H and O–H groups in total. The van der Waals surface area contributed by atoms with Crippen LogP contribution in [0.4, 0.5) is 26.3 Å². The summed E-state index contributed by atoms with van der Waals surface area (Å²) in [6.07, 6.45) is 24.3. The van der Waals surface area contributed by atoms with Gasteiger partial charge in [0.1, 0.15) is 5.82 Å². The number of halogens is 6. The first-order valence-corrected chi connectivity index (χ1v) is 15.5. The fraction of sp³-hybridized carbons (Fsp3) is 0.812. The predicted molar refractivity (Wildman–Crippen MR) is 144 cm³/mol. The number of ether oxygens (including phenoxy) is 1. The van der Waals surface area contributed by atoms with E-state index in [1.807, 2.05) is 0 Å². The first-order valence-electron chi connectivity index (χ1n) is 15.5. The van der Waals surface area contributed by atoms with Crippen molar-refractivity contribution < 1.29 is 31.1 Å². The standard InChI is InChI=1S/C25H45F.C7H3F5O/c1-2-3-4-5-20-6-10-22(11-7-20)24-14-16-25(17-15-24)23-12-8-21(9-13-23)18-19-26;8-3-1-4(9)6(5(10)2-3)13-7(11)12/h20-25H,2-19H2,1H3;1-2,7H. The highest BCUT2D eigenvalue weighted by Gasteiger charge is 2.34.